The summed E-state index contributed by atoms with van der Waals surface area (Å²) < 4.78 is 2.23. The number of nitrogens with one attached hydrogen (secondary N) is 1. The molecule has 1 unspecified atom stereocenters. The number of amides is 1. The maximum atomic E-state index is 12.7. The van der Waals surface area contributed by atoms with Gasteiger partial charge in [0.25, 0.3) is 5.91 Å². The highest BCUT2D eigenvalue weighted by molar-refractivity contribution is 5.94. The molecule has 0 radical (unpaired) electrons. The van der Waals surface area contributed by atoms with Gasteiger partial charge < -0.3 is 14.5 Å². The zero-order chi connectivity index (χ0) is 15.1. The summed E-state index contributed by atoms with van der Waals surface area (Å²) in [4.78, 5) is 29.4. The Hall–Kier alpha value is -2.30. The molecule has 0 bridgehead atoms. The molecule has 3 rings (SSSR count). The summed E-state index contributed by atoms with van der Waals surface area (Å²) in [5, 5.41) is 0. The maximum Gasteiger partial charge on any atom is 0.259 e. The van der Waals surface area contributed by atoms with E-state index in [1.165, 1.54) is 18.0 Å². The molecule has 0 fully saturated rings. The third-order valence-electron chi connectivity index (χ3n) is 4.24. The van der Waals surface area contributed by atoms with Crippen LogP contribution in [-0.4, -0.2) is 26.9 Å². The van der Waals surface area contributed by atoms with Gasteiger partial charge in [0, 0.05) is 42.4 Å². The number of hydrogen-bond acceptors (Lipinski definition) is 2. The van der Waals surface area contributed by atoms with Crippen LogP contribution in [0.4, 0.5) is 0 Å². The predicted molar refractivity (Wildman–Crippen MR) is 80.4 cm³/mol. The number of aromatic amines is 1. The topological polar surface area (TPSA) is 58.1 Å². The smallest absolute Gasteiger partial charge is 0.259 e. The number of carbonyl (C=O) groups excluding carboxylic acids is 1. The summed E-state index contributed by atoms with van der Waals surface area (Å²) in [7, 11) is 0. The molecule has 1 N–H and O–H groups in total. The summed E-state index contributed by atoms with van der Waals surface area (Å²) in [6.07, 6.45) is 1.52. The van der Waals surface area contributed by atoms with E-state index in [4.69, 9.17) is 0 Å². The zero-order valence-electron chi connectivity index (χ0n) is 12.5. The number of nitrogens with zero attached hydrogens (tertiary/aromatic N) is 2. The van der Waals surface area contributed by atoms with Crippen LogP contribution >= 0.6 is 0 Å². The second-order valence-corrected chi connectivity index (χ2v) is 5.62. The Morgan fingerprint density at radius 1 is 1.29 bits per heavy atom. The Kier molecular flexibility index (Phi) is 3.20. The third kappa shape index (κ3) is 2.18. The van der Waals surface area contributed by atoms with Crippen molar-refractivity contribution in [3.63, 3.8) is 0 Å². The van der Waals surface area contributed by atoms with Crippen molar-refractivity contribution in [2.24, 2.45) is 0 Å². The van der Waals surface area contributed by atoms with E-state index < -0.39 is 0 Å². The molecule has 21 heavy (non-hydrogen) atoms. The minimum atomic E-state index is -0.222. The second-order valence-electron chi connectivity index (χ2n) is 5.62. The number of rotatable bonds is 1. The Balaban J connectivity index is 1.95. The molecule has 3 heterocycles. The first-order valence-electron chi connectivity index (χ1n) is 7.15. The molecular formula is C16H19N3O2. The van der Waals surface area contributed by atoms with Gasteiger partial charge >= 0.3 is 0 Å². The second kappa shape index (κ2) is 4.91. The molecule has 5 nitrogen and oxygen atoms in total. The molecule has 0 spiro atoms. The first kappa shape index (κ1) is 13.7. The van der Waals surface area contributed by atoms with E-state index in [1.807, 2.05) is 6.92 Å². The van der Waals surface area contributed by atoms with Gasteiger partial charge in [-0.1, -0.05) is 0 Å². The number of pyridine rings is 1. The molecule has 1 atom stereocenters. The molecule has 0 saturated carbocycles. The molecular weight excluding hydrogens is 266 g/mol. The Morgan fingerprint density at radius 3 is 2.76 bits per heavy atom. The van der Waals surface area contributed by atoms with Gasteiger partial charge in [-0.3, -0.25) is 9.59 Å². The summed E-state index contributed by atoms with van der Waals surface area (Å²) in [5.41, 5.74) is 3.07. The van der Waals surface area contributed by atoms with Crippen molar-refractivity contribution in [1.82, 2.24) is 14.5 Å². The molecule has 2 aromatic rings. The van der Waals surface area contributed by atoms with Gasteiger partial charge in [0.2, 0.25) is 0 Å². The molecule has 0 aliphatic carbocycles. The highest BCUT2D eigenvalue weighted by Gasteiger charge is 2.29. The summed E-state index contributed by atoms with van der Waals surface area (Å²) in [6.45, 7) is 7.27. The van der Waals surface area contributed by atoms with Crippen molar-refractivity contribution in [1.29, 1.82) is 0 Å². The minimum absolute atomic E-state index is 0.0272. The first-order chi connectivity index (χ1) is 9.99. The van der Waals surface area contributed by atoms with Crippen LogP contribution in [0.25, 0.3) is 0 Å². The van der Waals surface area contributed by atoms with Gasteiger partial charge in [-0.05, 0) is 32.9 Å². The fourth-order valence-electron chi connectivity index (χ4n) is 2.99. The maximum absolute atomic E-state index is 12.7. The third-order valence-corrected chi connectivity index (χ3v) is 4.24. The average Bonchev–Trinajstić information content (AvgIpc) is 2.81. The summed E-state index contributed by atoms with van der Waals surface area (Å²) >= 11 is 0. The number of aromatic nitrogens is 2. The van der Waals surface area contributed by atoms with Crippen LogP contribution in [0.3, 0.4) is 0 Å². The van der Waals surface area contributed by atoms with Gasteiger partial charge in [0.1, 0.15) is 5.56 Å². The highest BCUT2D eigenvalue weighted by atomic mass is 16.2. The van der Waals surface area contributed by atoms with Gasteiger partial charge in [0.15, 0.2) is 5.43 Å². The van der Waals surface area contributed by atoms with Crippen molar-refractivity contribution in [3.8, 4) is 0 Å². The van der Waals surface area contributed by atoms with Crippen LogP contribution in [-0.2, 0) is 6.54 Å². The van der Waals surface area contributed by atoms with Gasteiger partial charge in [-0.15, -0.1) is 0 Å². The summed E-state index contributed by atoms with van der Waals surface area (Å²) in [6, 6.07) is 5.56. The largest absolute Gasteiger partial charge is 0.364 e. The van der Waals surface area contributed by atoms with E-state index >= 15 is 0 Å². The van der Waals surface area contributed by atoms with Crippen molar-refractivity contribution >= 4 is 5.91 Å². The fourth-order valence-corrected chi connectivity index (χ4v) is 2.99. The van der Waals surface area contributed by atoms with Crippen LogP contribution in [0.15, 0.2) is 29.2 Å². The normalized spacial score (nSPS) is 17.7. The van der Waals surface area contributed by atoms with E-state index in [1.54, 1.807) is 11.8 Å². The van der Waals surface area contributed by atoms with Gasteiger partial charge in [0.05, 0.1) is 6.04 Å². The molecule has 1 aliphatic rings. The zero-order valence-corrected chi connectivity index (χ0v) is 12.5. The average molecular weight is 285 g/mol. The van der Waals surface area contributed by atoms with E-state index in [-0.39, 0.29) is 22.9 Å². The SMILES string of the molecule is Cc1cc(=O)c(C(=O)N2CCn3c(C)ccc3C2C)c[nH]1. The van der Waals surface area contributed by atoms with E-state index in [0.29, 0.717) is 6.54 Å². The number of aryl methyl sites for hydroxylation is 2. The lowest BCUT2D eigenvalue weighted by molar-refractivity contribution is 0.0641. The molecule has 1 aliphatic heterocycles. The number of H-pyrrole nitrogens is 1. The van der Waals surface area contributed by atoms with Crippen LogP contribution in [0.5, 0.6) is 0 Å². The number of carbonyl (C=O) groups is 1. The first-order valence-corrected chi connectivity index (χ1v) is 7.15. The molecule has 2 aromatic heterocycles. The Labute approximate surface area is 123 Å². The van der Waals surface area contributed by atoms with Crippen LogP contribution < -0.4 is 5.43 Å². The minimum Gasteiger partial charge on any atom is -0.364 e. The highest BCUT2D eigenvalue weighted by Crippen LogP contribution is 2.27. The fraction of sp³-hybridized carbons (Fsp3) is 0.375. The van der Waals surface area contributed by atoms with Crippen LogP contribution in [0.2, 0.25) is 0 Å². The molecule has 0 saturated heterocycles. The quantitative estimate of drug-likeness (QED) is 0.871. The van der Waals surface area contributed by atoms with Crippen LogP contribution in [0.1, 0.15) is 40.4 Å². The van der Waals surface area contributed by atoms with E-state index in [2.05, 4.69) is 28.6 Å². The Morgan fingerprint density at radius 2 is 2.05 bits per heavy atom. The van der Waals surface area contributed by atoms with Crippen LogP contribution in [0, 0.1) is 13.8 Å². The van der Waals surface area contributed by atoms with Crippen molar-refractivity contribution < 1.29 is 4.79 Å². The molecule has 0 aromatic carbocycles. The standard InChI is InChI=1S/C16H19N3O2/c1-10-8-15(20)13(9-17-10)16(21)19-7-6-18-11(2)4-5-14(18)12(19)3/h4-5,8-9,12H,6-7H2,1-3H3,(H,17,20). The lowest BCUT2D eigenvalue weighted by Gasteiger charge is -2.35. The predicted octanol–water partition coefficient (Wildman–Crippen LogP) is 2.01. The number of fused-ring (bicyclic) bond motifs is 1. The number of hydrogen-bond donors (Lipinski definition) is 1. The van der Waals surface area contributed by atoms with E-state index in [9.17, 15) is 9.59 Å². The van der Waals surface area contributed by atoms with E-state index in [0.717, 1.165) is 17.9 Å². The molecule has 5 heteroatoms. The van der Waals surface area contributed by atoms with Crippen molar-refractivity contribution in [2.45, 2.75) is 33.4 Å². The molecule has 1 amide bonds. The molecule has 110 valence electrons. The Bertz CT molecular complexity index is 757. The summed E-state index contributed by atoms with van der Waals surface area (Å²) in [5.74, 6) is -0.200. The van der Waals surface area contributed by atoms with Crippen molar-refractivity contribution in [3.05, 3.63) is 57.3 Å². The van der Waals surface area contributed by atoms with Gasteiger partial charge in [-0.25, -0.2) is 0 Å². The van der Waals surface area contributed by atoms with Gasteiger partial charge in [-0.2, -0.15) is 0 Å². The lowest BCUT2D eigenvalue weighted by Crippen LogP contribution is -2.42. The monoisotopic (exact) mass is 285 g/mol. The lowest BCUT2D eigenvalue weighted by atomic mass is 10.1. The van der Waals surface area contributed by atoms with Crippen molar-refractivity contribution in [2.75, 3.05) is 6.54 Å².